The predicted octanol–water partition coefficient (Wildman–Crippen LogP) is 2.47. The van der Waals surface area contributed by atoms with Gasteiger partial charge in [0.2, 0.25) is 0 Å². The summed E-state index contributed by atoms with van der Waals surface area (Å²) in [5.74, 6) is -1.19. The lowest BCUT2D eigenvalue weighted by Crippen LogP contribution is -2.36. The summed E-state index contributed by atoms with van der Waals surface area (Å²) < 4.78 is 23.2. The molecule has 0 saturated carbocycles. The third-order valence-electron chi connectivity index (χ3n) is 4.00. The average Bonchev–Trinajstić information content (AvgIpc) is 2.95. The molecule has 2 aromatic rings. The number of nitrogens with one attached hydrogen (secondary N) is 1. The third-order valence-corrected chi connectivity index (χ3v) is 4.00. The van der Waals surface area contributed by atoms with Gasteiger partial charge >= 0.3 is 12.0 Å². The minimum Gasteiger partial charge on any atom is -0.488 e. The number of ether oxygens (including phenoxy) is 2. The monoisotopic (exact) mass is 384 g/mol. The van der Waals surface area contributed by atoms with Gasteiger partial charge in [0.15, 0.2) is 0 Å². The number of halogens is 1. The Morgan fingerprint density at radius 2 is 1.86 bits per heavy atom. The second kappa shape index (κ2) is 8.34. The van der Waals surface area contributed by atoms with Gasteiger partial charge in [-0.15, -0.1) is 0 Å². The number of nitrogens with zero attached hydrogens (tertiary/aromatic N) is 1. The highest BCUT2D eigenvalue weighted by Gasteiger charge is 2.35. The van der Waals surface area contributed by atoms with Crippen molar-refractivity contribution in [2.75, 3.05) is 13.7 Å². The van der Waals surface area contributed by atoms with Gasteiger partial charge in [0.25, 0.3) is 5.91 Å². The number of esters is 1. The zero-order valence-electron chi connectivity index (χ0n) is 15.0. The SMILES string of the molecule is COC(=O)CN1C(=O)N/C(=C/c2ccccc2OCc2ccc(F)cc2)C1=O. The van der Waals surface area contributed by atoms with Crippen LogP contribution in [0.15, 0.2) is 54.2 Å². The zero-order chi connectivity index (χ0) is 20.1. The number of carbonyl (C=O) groups excluding carboxylic acids is 3. The number of carbonyl (C=O) groups is 3. The van der Waals surface area contributed by atoms with E-state index in [1.54, 1.807) is 36.4 Å². The lowest BCUT2D eigenvalue weighted by Gasteiger charge is -2.10. The Balaban J connectivity index is 1.77. The van der Waals surface area contributed by atoms with E-state index in [-0.39, 0.29) is 18.1 Å². The average molecular weight is 384 g/mol. The van der Waals surface area contributed by atoms with Crippen molar-refractivity contribution in [2.24, 2.45) is 0 Å². The number of rotatable bonds is 6. The minimum atomic E-state index is -0.702. The summed E-state index contributed by atoms with van der Waals surface area (Å²) in [6.07, 6.45) is 1.47. The number of benzene rings is 2. The molecule has 1 aliphatic heterocycles. The van der Waals surface area contributed by atoms with Crippen molar-refractivity contribution < 1.29 is 28.2 Å². The fourth-order valence-corrected chi connectivity index (χ4v) is 2.54. The second-order valence-corrected chi connectivity index (χ2v) is 5.91. The number of imide groups is 1. The molecule has 0 aromatic heterocycles. The summed E-state index contributed by atoms with van der Waals surface area (Å²) >= 11 is 0. The molecule has 1 fully saturated rings. The predicted molar refractivity (Wildman–Crippen MR) is 97.4 cm³/mol. The van der Waals surface area contributed by atoms with E-state index in [1.807, 2.05) is 0 Å². The van der Waals surface area contributed by atoms with Gasteiger partial charge in [-0.05, 0) is 29.8 Å². The second-order valence-electron chi connectivity index (χ2n) is 5.91. The molecule has 28 heavy (non-hydrogen) atoms. The maximum Gasteiger partial charge on any atom is 0.329 e. The van der Waals surface area contributed by atoms with Gasteiger partial charge in [0.1, 0.15) is 30.4 Å². The van der Waals surface area contributed by atoms with Crippen LogP contribution in [-0.2, 0) is 20.9 Å². The maximum absolute atomic E-state index is 13.0. The molecule has 3 amide bonds. The van der Waals surface area contributed by atoms with E-state index < -0.39 is 24.5 Å². The van der Waals surface area contributed by atoms with Crippen molar-refractivity contribution in [2.45, 2.75) is 6.61 Å². The largest absolute Gasteiger partial charge is 0.488 e. The zero-order valence-corrected chi connectivity index (χ0v) is 15.0. The van der Waals surface area contributed by atoms with Crippen LogP contribution in [0.2, 0.25) is 0 Å². The summed E-state index contributed by atoms with van der Waals surface area (Å²) in [7, 11) is 1.17. The van der Waals surface area contributed by atoms with Crippen LogP contribution >= 0.6 is 0 Å². The van der Waals surface area contributed by atoms with Gasteiger partial charge in [-0.2, -0.15) is 0 Å². The van der Waals surface area contributed by atoms with Gasteiger partial charge in [-0.25, -0.2) is 14.1 Å². The number of para-hydroxylation sites is 1. The Labute approximate surface area is 160 Å². The normalized spacial score (nSPS) is 14.9. The van der Waals surface area contributed by atoms with Crippen molar-refractivity contribution in [1.82, 2.24) is 10.2 Å². The van der Waals surface area contributed by atoms with Crippen LogP contribution in [0.4, 0.5) is 9.18 Å². The van der Waals surface area contributed by atoms with Crippen LogP contribution in [0.5, 0.6) is 5.75 Å². The highest BCUT2D eigenvalue weighted by molar-refractivity contribution is 6.15. The molecule has 0 unspecified atom stereocenters. The van der Waals surface area contributed by atoms with Gasteiger partial charge in [-0.1, -0.05) is 30.3 Å². The third kappa shape index (κ3) is 4.35. The molecule has 3 rings (SSSR count). The number of hydrogen-bond acceptors (Lipinski definition) is 5. The molecule has 2 aromatic carbocycles. The first-order chi connectivity index (χ1) is 13.5. The van der Waals surface area contributed by atoms with E-state index in [2.05, 4.69) is 10.1 Å². The van der Waals surface area contributed by atoms with Crippen molar-refractivity contribution in [3.8, 4) is 5.75 Å². The first-order valence-corrected chi connectivity index (χ1v) is 8.35. The van der Waals surface area contributed by atoms with Gasteiger partial charge in [0, 0.05) is 5.56 Å². The number of urea groups is 1. The van der Waals surface area contributed by atoms with E-state index >= 15 is 0 Å². The van der Waals surface area contributed by atoms with Crippen molar-refractivity contribution in [3.05, 3.63) is 71.2 Å². The molecule has 1 saturated heterocycles. The molecule has 0 atom stereocenters. The minimum absolute atomic E-state index is 0.0201. The van der Waals surface area contributed by atoms with E-state index in [0.717, 1.165) is 10.5 Å². The molecule has 0 spiro atoms. The highest BCUT2D eigenvalue weighted by atomic mass is 19.1. The Morgan fingerprint density at radius 3 is 2.57 bits per heavy atom. The van der Waals surface area contributed by atoms with Crippen molar-refractivity contribution in [3.63, 3.8) is 0 Å². The molecule has 0 radical (unpaired) electrons. The van der Waals surface area contributed by atoms with Crippen LogP contribution in [0.1, 0.15) is 11.1 Å². The Morgan fingerprint density at radius 1 is 1.14 bits per heavy atom. The first-order valence-electron chi connectivity index (χ1n) is 8.35. The van der Waals surface area contributed by atoms with E-state index in [4.69, 9.17) is 4.74 Å². The summed E-state index contributed by atoms with van der Waals surface area (Å²) in [4.78, 5) is 36.5. The first kappa shape index (κ1) is 19.1. The van der Waals surface area contributed by atoms with E-state index in [9.17, 15) is 18.8 Å². The van der Waals surface area contributed by atoms with Crippen LogP contribution in [0.3, 0.4) is 0 Å². The van der Waals surface area contributed by atoms with Gasteiger partial charge in [-0.3, -0.25) is 9.59 Å². The van der Waals surface area contributed by atoms with Crippen molar-refractivity contribution in [1.29, 1.82) is 0 Å². The molecular weight excluding hydrogens is 367 g/mol. The summed E-state index contributed by atoms with van der Waals surface area (Å²) in [6, 6.07) is 12.2. The van der Waals surface area contributed by atoms with Crippen molar-refractivity contribution >= 4 is 24.0 Å². The smallest absolute Gasteiger partial charge is 0.329 e. The molecule has 8 heteroatoms. The van der Waals surface area contributed by atoms with E-state index in [1.165, 1.54) is 25.3 Å². The number of amides is 3. The Kier molecular flexibility index (Phi) is 5.69. The van der Waals surface area contributed by atoms with E-state index in [0.29, 0.717) is 11.3 Å². The molecule has 1 aliphatic rings. The lowest BCUT2D eigenvalue weighted by atomic mass is 10.1. The Bertz CT molecular complexity index is 940. The van der Waals surface area contributed by atoms with Crippen LogP contribution < -0.4 is 10.1 Å². The molecule has 1 N–H and O–H groups in total. The van der Waals surface area contributed by atoms with Crippen LogP contribution in [-0.4, -0.2) is 36.5 Å². The maximum atomic E-state index is 13.0. The summed E-state index contributed by atoms with van der Waals surface area (Å²) in [5.41, 5.74) is 1.36. The quantitative estimate of drug-likeness (QED) is 0.470. The summed E-state index contributed by atoms with van der Waals surface area (Å²) in [5, 5.41) is 2.43. The van der Waals surface area contributed by atoms with Crippen LogP contribution in [0.25, 0.3) is 6.08 Å². The molecule has 7 nitrogen and oxygen atoms in total. The Hall–Kier alpha value is -3.68. The highest BCUT2D eigenvalue weighted by Crippen LogP contribution is 2.23. The summed E-state index contributed by atoms with van der Waals surface area (Å²) in [6.45, 7) is -0.267. The van der Waals surface area contributed by atoms with Gasteiger partial charge < -0.3 is 14.8 Å². The fourth-order valence-electron chi connectivity index (χ4n) is 2.54. The van der Waals surface area contributed by atoms with Gasteiger partial charge in [0.05, 0.1) is 7.11 Å². The standard InChI is InChI=1S/C20H17FN2O5/c1-27-18(24)11-23-19(25)16(22-20(23)26)10-14-4-2-3-5-17(14)28-12-13-6-8-15(21)9-7-13/h2-10H,11-12H2,1H3,(H,22,26)/b16-10+. The molecule has 0 aliphatic carbocycles. The molecule has 1 heterocycles. The molecule has 0 bridgehead atoms. The lowest BCUT2D eigenvalue weighted by molar-refractivity contribution is -0.143. The number of hydrogen-bond donors (Lipinski definition) is 1. The van der Waals surface area contributed by atoms with Crippen LogP contribution in [0, 0.1) is 5.82 Å². The number of methoxy groups -OCH3 is 1. The molecule has 144 valence electrons. The molecular formula is C20H17FN2O5. The topological polar surface area (TPSA) is 84.9 Å². The fraction of sp³-hybridized carbons (Fsp3) is 0.150.